The van der Waals surface area contributed by atoms with Gasteiger partial charge in [-0.2, -0.15) is 0 Å². The van der Waals surface area contributed by atoms with E-state index in [1.54, 1.807) is 7.05 Å². The maximum atomic E-state index is 13.7. The van der Waals surface area contributed by atoms with Gasteiger partial charge in [-0.1, -0.05) is 25.8 Å². The van der Waals surface area contributed by atoms with Crippen molar-refractivity contribution >= 4 is 23.7 Å². The van der Waals surface area contributed by atoms with Crippen molar-refractivity contribution in [2.24, 2.45) is 32.9 Å². The standard InChI is InChI=1S/C31H60N12O2/c1-8-24(13-9-17-37-21(2)3)41-23(6)25(14-10-19-39-30(32)33)42-29(45)27(16-12-18-38-22(4)5)43-28(44)26(36-7)15-11-20-40-31(34)35/h8,24-27,36-38,41H,1-2,4,6,9-20H2,3,5,7H3,(H,42,45)(H,43,44)(H4,32,33,39)(H4,34,35,40)/t24-,25?,26?,27+/m1/s1. The third-order valence-electron chi connectivity index (χ3n) is 6.80. The smallest absolute Gasteiger partial charge is 0.243 e. The van der Waals surface area contributed by atoms with Crippen molar-refractivity contribution in [3.05, 3.63) is 49.5 Å². The van der Waals surface area contributed by atoms with Crippen LogP contribution in [-0.2, 0) is 9.59 Å². The first kappa shape index (κ1) is 40.8. The lowest BCUT2D eigenvalue weighted by Crippen LogP contribution is -2.54. The van der Waals surface area contributed by atoms with Crippen molar-refractivity contribution in [3.63, 3.8) is 0 Å². The molecular weight excluding hydrogens is 572 g/mol. The van der Waals surface area contributed by atoms with Crippen LogP contribution in [0.15, 0.2) is 59.5 Å². The number of amides is 2. The van der Waals surface area contributed by atoms with Gasteiger partial charge in [-0.3, -0.25) is 19.6 Å². The second kappa shape index (κ2) is 24.2. The number of nitrogens with two attached hydrogens (primary N) is 4. The van der Waals surface area contributed by atoms with E-state index in [4.69, 9.17) is 22.9 Å². The van der Waals surface area contributed by atoms with Gasteiger partial charge in [0.1, 0.15) is 6.04 Å². The molecule has 0 aliphatic carbocycles. The number of nitrogens with one attached hydrogen (secondary N) is 6. The lowest BCUT2D eigenvalue weighted by Gasteiger charge is -2.28. The zero-order chi connectivity index (χ0) is 34.2. The van der Waals surface area contributed by atoms with Crippen molar-refractivity contribution < 1.29 is 9.59 Å². The number of rotatable bonds is 27. The van der Waals surface area contributed by atoms with Crippen LogP contribution in [-0.4, -0.2) is 81.1 Å². The SMILES string of the molecule is C=C[C@H](CCCNC(=C)C)NC(=C)C(CCCN=C(N)N)NC(=O)[C@H](CCCNC(=C)C)NC(=O)C(CCCN=C(N)N)NC. The minimum Gasteiger partial charge on any atom is -0.389 e. The first-order valence-electron chi connectivity index (χ1n) is 15.6. The number of likely N-dealkylation sites (N-methyl/N-ethyl adjacent to an activating group) is 1. The summed E-state index contributed by atoms with van der Waals surface area (Å²) in [5.41, 5.74) is 24.2. The Morgan fingerprint density at radius 3 is 1.60 bits per heavy atom. The Bertz CT molecular complexity index is 1000. The molecule has 4 atom stereocenters. The molecule has 0 aromatic rings. The van der Waals surface area contributed by atoms with Crippen LogP contribution in [0.2, 0.25) is 0 Å². The number of carbonyl (C=O) groups is 2. The Hall–Kier alpha value is -4.20. The minimum atomic E-state index is -0.783. The molecule has 0 saturated carbocycles. The van der Waals surface area contributed by atoms with Crippen molar-refractivity contribution in [2.45, 2.75) is 89.4 Å². The monoisotopic (exact) mass is 632 g/mol. The van der Waals surface area contributed by atoms with E-state index in [2.05, 4.69) is 68.2 Å². The number of hydrogen-bond donors (Lipinski definition) is 10. The van der Waals surface area contributed by atoms with Gasteiger partial charge in [0, 0.05) is 49.3 Å². The Balaban J connectivity index is 5.73. The van der Waals surface area contributed by atoms with E-state index in [9.17, 15) is 9.59 Å². The van der Waals surface area contributed by atoms with Gasteiger partial charge in [0.2, 0.25) is 11.8 Å². The molecule has 14 N–H and O–H groups in total. The molecule has 0 fully saturated rings. The molecule has 0 aliphatic rings. The zero-order valence-electron chi connectivity index (χ0n) is 27.7. The summed E-state index contributed by atoms with van der Waals surface area (Å²) in [5.74, 6) is -0.592. The maximum Gasteiger partial charge on any atom is 0.243 e. The highest BCUT2D eigenvalue weighted by atomic mass is 16.2. The van der Waals surface area contributed by atoms with E-state index in [1.807, 2.05) is 19.9 Å². The average Bonchev–Trinajstić information content (AvgIpc) is 2.96. The lowest BCUT2D eigenvalue weighted by atomic mass is 10.0. The van der Waals surface area contributed by atoms with Gasteiger partial charge in [0.15, 0.2) is 11.9 Å². The highest BCUT2D eigenvalue weighted by Crippen LogP contribution is 2.11. The maximum absolute atomic E-state index is 13.7. The fourth-order valence-corrected chi connectivity index (χ4v) is 4.38. The van der Waals surface area contributed by atoms with Crippen LogP contribution >= 0.6 is 0 Å². The molecule has 0 radical (unpaired) electrons. The topological polar surface area (TPSA) is 235 Å². The summed E-state index contributed by atoms with van der Waals surface area (Å²) in [6, 6.07) is -1.81. The van der Waals surface area contributed by atoms with Crippen LogP contribution in [0.3, 0.4) is 0 Å². The first-order valence-corrected chi connectivity index (χ1v) is 15.6. The molecule has 0 heterocycles. The molecule has 14 heteroatoms. The number of guanidine groups is 2. The molecule has 0 aromatic heterocycles. The van der Waals surface area contributed by atoms with Gasteiger partial charge in [0.05, 0.1) is 12.1 Å². The Kier molecular flexibility index (Phi) is 21.9. The van der Waals surface area contributed by atoms with Crippen LogP contribution in [0.4, 0.5) is 0 Å². The normalized spacial score (nSPS) is 13.1. The molecule has 0 aliphatic heterocycles. The zero-order valence-corrected chi connectivity index (χ0v) is 27.7. The third kappa shape index (κ3) is 21.2. The highest BCUT2D eigenvalue weighted by molar-refractivity contribution is 5.90. The third-order valence-corrected chi connectivity index (χ3v) is 6.80. The number of carbonyl (C=O) groups excluding carboxylic acids is 2. The van der Waals surface area contributed by atoms with Gasteiger partial charge < -0.3 is 54.8 Å². The van der Waals surface area contributed by atoms with Gasteiger partial charge in [-0.05, 0) is 72.3 Å². The van der Waals surface area contributed by atoms with Crippen molar-refractivity contribution in [3.8, 4) is 0 Å². The molecule has 0 rings (SSSR count). The van der Waals surface area contributed by atoms with E-state index in [-0.39, 0.29) is 29.8 Å². The second-order valence-corrected chi connectivity index (χ2v) is 11.1. The Morgan fingerprint density at radius 1 is 0.689 bits per heavy atom. The Labute approximate surface area is 270 Å². The summed E-state index contributed by atoms with van der Waals surface area (Å²) < 4.78 is 0. The number of allylic oxidation sites excluding steroid dienone is 2. The summed E-state index contributed by atoms with van der Waals surface area (Å²) in [6.45, 7) is 21.9. The summed E-state index contributed by atoms with van der Waals surface area (Å²) in [6.07, 6.45) is 6.76. The summed E-state index contributed by atoms with van der Waals surface area (Å²) in [5, 5.41) is 18.9. The van der Waals surface area contributed by atoms with Crippen LogP contribution < -0.4 is 54.8 Å². The molecule has 0 bridgehead atoms. The van der Waals surface area contributed by atoms with Crippen LogP contribution in [0.25, 0.3) is 0 Å². The lowest BCUT2D eigenvalue weighted by molar-refractivity contribution is -0.130. The highest BCUT2D eigenvalue weighted by Gasteiger charge is 2.27. The Morgan fingerprint density at radius 2 is 1.13 bits per heavy atom. The van der Waals surface area contributed by atoms with E-state index in [1.165, 1.54) is 0 Å². The molecular formula is C31H60N12O2. The summed E-state index contributed by atoms with van der Waals surface area (Å²) >= 11 is 0. The predicted octanol–water partition coefficient (Wildman–Crippen LogP) is 0.116. The number of hydrogen-bond acceptors (Lipinski definition) is 8. The van der Waals surface area contributed by atoms with Crippen LogP contribution in [0, 0.1) is 0 Å². The molecule has 0 aromatic carbocycles. The summed E-state index contributed by atoms with van der Waals surface area (Å²) in [7, 11) is 1.70. The average molecular weight is 633 g/mol. The van der Waals surface area contributed by atoms with E-state index in [0.29, 0.717) is 63.9 Å². The van der Waals surface area contributed by atoms with Crippen LogP contribution in [0.1, 0.15) is 65.2 Å². The van der Waals surface area contributed by atoms with Crippen molar-refractivity contribution in [1.29, 1.82) is 0 Å². The molecule has 2 unspecified atom stereocenters. The van der Waals surface area contributed by atoms with Gasteiger partial charge in [-0.25, -0.2) is 0 Å². The van der Waals surface area contributed by atoms with E-state index >= 15 is 0 Å². The van der Waals surface area contributed by atoms with Crippen molar-refractivity contribution in [1.82, 2.24) is 31.9 Å². The number of nitrogens with zero attached hydrogens (tertiary/aromatic N) is 2. The molecule has 14 nitrogen and oxygen atoms in total. The quantitative estimate of drug-likeness (QED) is 0.0254. The molecule has 0 saturated heterocycles. The fraction of sp³-hybridized carbons (Fsp3) is 0.613. The van der Waals surface area contributed by atoms with Gasteiger partial charge in [-0.15, -0.1) is 6.58 Å². The van der Waals surface area contributed by atoms with E-state index < -0.39 is 18.1 Å². The second-order valence-electron chi connectivity index (χ2n) is 11.1. The predicted molar refractivity (Wildman–Crippen MR) is 187 cm³/mol. The van der Waals surface area contributed by atoms with Gasteiger partial charge >= 0.3 is 0 Å². The summed E-state index contributed by atoms with van der Waals surface area (Å²) in [4.78, 5) is 35.0. The first-order chi connectivity index (χ1) is 21.3. The molecule has 2 amide bonds. The molecule has 45 heavy (non-hydrogen) atoms. The van der Waals surface area contributed by atoms with Crippen LogP contribution in [0.5, 0.6) is 0 Å². The molecule has 256 valence electrons. The van der Waals surface area contributed by atoms with E-state index in [0.717, 1.165) is 30.8 Å². The van der Waals surface area contributed by atoms with Crippen molar-refractivity contribution in [2.75, 3.05) is 33.2 Å². The number of aliphatic imine (C=N–C) groups is 2. The molecule has 0 spiro atoms. The minimum absolute atomic E-state index is 0.00342. The largest absolute Gasteiger partial charge is 0.389 e. The fourth-order valence-electron chi connectivity index (χ4n) is 4.38. The van der Waals surface area contributed by atoms with Gasteiger partial charge in [0.25, 0.3) is 0 Å².